The number of benzene rings is 1. The topological polar surface area (TPSA) is 34.1 Å². The van der Waals surface area contributed by atoms with Gasteiger partial charge in [0.1, 0.15) is 0 Å². The van der Waals surface area contributed by atoms with E-state index in [0.29, 0.717) is 6.61 Å². The lowest BCUT2D eigenvalue weighted by atomic mass is 10.1. The number of thiazole rings is 1. The Hall–Kier alpha value is -1.23. The highest BCUT2D eigenvalue weighted by atomic mass is 32.1. The molecule has 0 aliphatic carbocycles. The zero-order valence-electron chi connectivity index (χ0n) is 11.5. The van der Waals surface area contributed by atoms with E-state index in [-0.39, 0.29) is 0 Å². The lowest BCUT2D eigenvalue weighted by molar-refractivity contribution is 0.185. The van der Waals surface area contributed by atoms with Crippen LogP contribution < -0.4 is 5.32 Å². The van der Waals surface area contributed by atoms with E-state index < -0.39 is 0 Å². The van der Waals surface area contributed by atoms with Gasteiger partial charge in [-0.15, -0.1) is 11.3 Å². The Balaban J connectivity index is 1.74. The highest BCUT2D eigenvalue weighted by molar-refractivity contribution is 7.09. The maximum absolute atomic E-state index is 5.14. The van der Waals surface area contributed by atoms with Gasteiger partial charge in [0.2, 0.25) is 0 Å². The van der Waals surface area contributed by atoms with Crippen molar-refractivity contribution in [3.63, 3.8) is 0 Å². The van der Waals surface area contributed by atoms with Crippen molar-refractivity contribution in [2.24, 2.45) is 0 Å². The molecule has 102 valence electrons. The molecule has 0 saturated heterocycles. The molecule has 3 nitrogen and oxygen atoms in total. The second kappa shape index (κ2) is 7.38. The first kappa shape index (κ1) is 14.2. The van der Waals surface area contributed by atoms with Gasteiger partial charge < -0.3 is 10.1 Å². The monoisotopic (exact) mass is 276 g/mol. The molecule has 2 rings (SSSR count). The second-order valence-corrected chi connectivity index (χ2v) is 5.51. The highest BCUT2D eigenvalue weighted by Crippen LogP contribution is 2.09. The van der Waals surface area contributed by atoms with Crippen molar-refractivity contribution < 1.29 is 4.74 Å². The summed E-state index contributed by atoms with van der Waals surface area (Å²) in [5.74, 6) is 0. The van der Waals surface area contributed by atoms with E-state index in [1.807, 2.05) is 6.92 Å². The van der Waals surface area contributed by atoms with Crippen LogP contribution in [-0.2, 0) is 24.3 Å². The summed E-state index contributed by atoms with van der Waals surface area (Å²) < 4.78 is 5.14. The zero-order valence-corrected chi connectivity index (χ0v) is 12.3. The molecule has 1 aromatic carbocycles. The summed E-state index contributed by atoms with van der Waals surface area (Å²) in [5, 5.41) is 6.76. The molecular weight excluding hydrogens is 256 g/mol. The van der Waals surface area contributed by atoms with Gasteiger partial charge in [-0.05, 0) is 18.1 Å². The summed E-state index contributed by atoms with van der Waals surface area (Å²) in [6, 6.07) is 8.49. The van der Waals surface area contributed by atoms with E-state index in [0.717, 1.165) is 25.2 Å². The van der Waals surface area contributed by atoms with Crippen LogP contribution in [0.3, 0.4) is 0 Å². The van der Waals surface area contributed by atoms with Gasteiger partial charge in [-0.1, -0.05) is 24.3 Å². The fraction of sp³-hybridized carbons (Fsp3) is 0.400. The number of methoxy groups -OCH3 is 1. The maximum Gasteiger partial charge on any atom is 0.0940 e. The normalized spacial score (nSPS) is 10.8. The largest absolute Gasteiger partial charge is 0.380 e. The summed E-state index contributed by atoms with van der Waals surface area (Å²) in [4.78, 5) is 4.46. The third-order valence-corrected chi connectivity index (χ3v) is 3.84. The average Bonchev–Trinajstić information content (AvgIpc) is 2.82. The van der Waals surface area contributed by atoms with Crippen molar-refractivity contribution in [2.45, 2.75) is 26.5 Å². The Morgan fingerprint density at radius 3 is 2.89 bits per heavy atom. The molecule has 0 unspecified atom stereocenters. The van der Waals surface area contributed by atoms with Crippen LogP contribution in [0.1, 0.15) is 21.8 Å². The first-order valence-electron chi connectivity index (χ1n) is 6.46. The predicted octanol–water partition coefficient (Wildman–Crippen LogP) is 2.93. The smallest absolute Gasteiger partial charge is 0.0940 e. The van der Waals surface area contributed by atoms with Crippen LogP contribution in [0.5, 0.6) is 0 Å². The summed E-state index contributed by atoms with van der Waals surface area (Å²) in [6.07, 6.45) is 0.996. The summed E-state index contributed by atoms with van der Waals surface area (Å²) in [7, 11) is 1.72. The van der Waals surface area contributed by atoms with Gasteiger partial charge in [0.05, 0.1) is 11.6 Å². The van der Waals surface area contributed by atoms with Gasteiger partial charge >= 0.3 is 0 Å². The molecule has 1 aromatic heterocycles. The molecule has 0 bridgehead atoms. The third-order valence-electron chi connectivity index (χ3n) is 2.81. The standard InChI is InChI=1S/C15H20N2OS/c1-12-11-19-15(17-12)6-7-16-9-13-4-3-5-14(8-13)10-18-2/h3-5,8,11,16H,6-7,9-10H2,1-2H3. The molecule has 0 aliphatic heterocycles. The van der Waals surface area contributed by atoms with Crippen LogP contribution in [0.25, 0.3) is 0 Å². The van der Waals surface area contributed by atoms with E-state index in [2.05, 4.69) is 39.9 Å². The van der Waals surface area contributed by atoms with E-state index >= 15 is 0 Å². The van der Waals surface area contributed by atoms with Gasteiger partial charge in [-0.25, -0.2) is 4.98 Å². The van der Waals surface area contributed by atoms with Crippen molar-refractivity contribution >= 4 is 11.3 Å². The Kier molecular flexibility index (Phi) is 5.51. The Morgan fingerprint density at radius 1 is 1.32 bits per heavy atom. The van der Waals surface area contributed by atoms with E-state index in [4.69, 9.17) is 4.74 Å². The molecule has 0 fully saturated rings. The number of nitrogens with zero attached hydrogens (tertiary/aromatic N) is 1. The number of aryl methyl sites for hydroxylation is 1. The molecule has 0 atom stereocenters. The molecule has 19 heavy (non-hydrogen) atoms. The minimum atomic E-state index is 0.673. The third kappa shape index (κ3) is 4.74. The van der Waals surface area contributed by atoms with Crippen molar-refractivity contribution in [3.8, 4) is 0 Å². The molecular formula is C15H20N2OS. The fourth-order valence-corrected chi connectivity index (χ4v) is 2.72. The predicted molar refractivity (Wildman–Crippen MR) is 79.4 cm³/mol. The quantitative estimate of drug-likeness (QED) is 0.790. The lowest BCUT2D eigenvalue weighted by Gasteiger charge is -2.06. The molecule has 0 aliphatic rings. The summed E-state index contributed by atoms with van der Waals surface area (Å²) >= 11 is 1.74. The van der Waals surface area contributed by atoms with Gasteiger partial charge in [0, 0.05) is 37.7 Å². The Morgan fingerprint density at radius 2 is 2.16 bits per heavy atom. The molecule has 0 saturated carbocycles. The van der Waals surface area contributed by atoms with Crippen LogP contribution in [0.2, 0.25) is 0 Å². The fourth-order valence-electron chi connectivity index (χ4n) is 1.94. The SMILES string of the molecule is COCc1cccc(CNCCc2nc(C)cs2)c1. The maximum atomic E-state index is 5.14. The second-order valence-electron chi connectivity index (χ2n) is 4.56. The first-order chi connectivity index (χ1) is 9.28. The first-order valence-corrected chi connectivity index (χ1v) is 7.34. The number of rotatable bonds is 7. The minimum absolute atomic E-state index is 0.673. The molecule has 0 radical (unpaired) electrons. The number of hydrogen-bond acceptors (Lipinski definition) is 4. The molecule has 2 aromatic rings. The van der Waals surface area contributed by atoms with Gasteiger partial charge in [0.25, 0.3) is 0 Å². The van der Waals surface area contributed by atoms with Crippen molar-refractivity contribution in [3.05, 3.63) is 51.5 Å². The molecule has 1 N–H and O–H groups in total. The summed E-state index contributed by atoms with van der Waals surface area (Å²) in [5.41, 5.74) is 3.63. The molecule has 0 amide bonds. The van der Waals surface area contributed by atoms with E-state index in [9.17, 15) is 0 Å². The van der Waals surface area contributed by atoms with Gasteiger partial charge in [0.15, 0.2) is 0 Å². The van der Waals surface area contributed by atoms with Crippen LogP contribution in [0, 0.1) is 6.92 Å². The lowest BCUT2D eigenvalue weighted by Crippen LogP contribution is -2.16. The highest BCUT2D eigenvalue weighted by Gasteiger charge is 1.99. The van der Waals surface area contributed by atoms with Crippen LogP contribution in [0.15, 0.2) is 29.6 Å². The van der Waals surface area contributed by atoms with Crippen molar-refractivity contribution in [1.82, 2.24) is 10.3 Å². The van der Waals surface area contributed by atoms with Crippen LogP contribution >= 0.6 is 11.3 Å². The van der Waals surface area contributed by atoms with E-state index in [1.54, 1.807) is 18.4 Å². The van der Waals surface area contributed by atoms with E-state index in [1.165, 1.54) is 16.1 Å². The number of hydrogen-bond donors (Lipinski definition) is 1. The Labute approximate surface area is 118 Å². The molecule has 0 spiro atoms. The molecule has 1 heterocycles. The number of aromatic nitrogens is 1. The van der Waals surface area contributed by atoms with Crippen molar-refractivity contribution in [2.75, 3.05) is 13.7 Å². The summed E-state index contributed by atoms with van der Waals surface area (Å²) in [6.45, 7) is 4.56. The molecule has 4 heteroatoms. The Bertz CT molecular complexity index is 510. The minimum Gasteiger partial charge on any atom is -0.380 e. The van der Waals surface area contributed by atoms with Crippen molar-refractivity contribution in [1.29, 1.82) is 0 Å². The van der Waals surface area contributed by atoms with Gasteiger partial charge in [-0.2, -0.15) is 0 Å². The zero-order chi connectivity index (χ0) is 13.5. The number of ether oxygens (including phenoxy) is 1. The average molecular weight is 276 g/mol. The van der Waals surface area contributed by atoms with Crippen LogP contribution in [-0.4, -0.2) is 18.6 Å². The van der Waals surface area contributed by atoms with Gasteiger partial charge in [-0.3, -0.25) is 0 Å². The van der Waals surface area contributed by atoms with Crippen LogP contribution in [0.4, 0.5) is 0 Å². The number of nitrogens with one attached hydrogen (secondary N) is 1.